The van der Waals surface area contributed by atoms with Crippen LogP contribution in [0.15, 0.2) is 48.8 Å². The van der Waals surface area contributed by atoms with Crippen LogP contribution in [0.3, 0.4) is 0 Å². The molecule has 2 amide bonds. The highest BCUT2D eigenvalue weighted by Crippen LogP contribution is 2.24. The SMILES string of the molecule is O=C(NCc1cn2ccccc2n1)C1CCCN1C(=O)c1cc(Cl)cc(Cl)c1. The van der Waals surface area contributed by atoms with E-state index in [2.05, 4.69) is 10.3 Å². The van der Waals surface area contributed by atoms with Crippen LogP contribution < -0.4 is 5.32 Å². The number of fused-ring (bicyclic) bond motifs is 1. The number of nitrogens with zero attached hydrogens (tertiary/aromatic N) is 3. The van der Waals surface area contributed by atoms with Gasteiger partial charge in [-0.25, -0.2) is 4.98 Å². The third-order valence-corrected chi connectivity index (χ3v) is 5.22. The van der Waals surface area contributed by atoms with Gasteiger partial charge >= 0.3 is 0 Å². The Hall–Kier alpha value is -2.57. The number of hydrogen-bond acceptors (Lipinski definition) is 3. The third-order valence-electron chi connectivity index (χ3n) is 4.78. The van der Waals surface area contributed by atoms with E-state index in [1.807, 2.05) is 35.0 Å². The highest BCUT2D eigenvalue weighted by molar-refractivity contribution is 6.35. The standard InChI is InChI=1S/C20H18Cl2N4O2/c21-14-8-13(9-15(22)10-14)20(28)26-7-3-4-17(26)19(27)23-11-16-12-25-6-2-1-5-18(25)24-16/h1-2,5-6,8-10,12,17H,3-4,7,11H2,(H,23,27). The Bertz CT molecular complexity index is 996. The van der Waals surface area contributed by atoms with E-state index in [1.54, 1.807) is 23.1 Å². The summed E-state index contributed by atoms with van der Waals surface area (Å²) in [7, 11) is 0. The Morgan fingerprint density at radius 3 is 2.71 bits per heavy atom. The molecule has 1 aromatic carbocycles. The van der Waals surface area contributed by atoms with E-state index in [0.29, 0.717) is 35.1 Å². The fourth-order valence-electron chi connectivity index (χ4n) is 3.49. The fourth-order valence-corrected chi connectivity index (χ4v) is 4.02. The molecular weight excluding hydrogens is 399 g/mol. The van der Waals surface area contributed by atoms with Crippen molar-refractivity contribution in [2.24, 2.45) is 0 Å². The van der Waals surface area contributed by atoms with Gasteiger partial charge in [0.2, 0.25) is 5.91 Å². The molecular formula is C20H18Cl2N4O2. The highest BCUT2D eigenvalue weighted by Gasteiger charge is 2.34. The van der Waals surface area contributed by atoms with Crippen molar-refractivity contribution < 1.29 is 9.59 Å². The number of benzene rings is 1. The molecule has 6 nitrogen and oxygen atoms in total. The van der Waals surface area contributed by atoms with Crippen molar-refractivity contribution in [3.05, 3.63) is 70.1 Å². The molecule has 1 N–H and O–H groups in total. The van der Waals surface area contributed by atoms with Gasteiger partial charge < -0.3 is 14.6 Å². The number of amides is 2. The molecule has 0 bridgehead atoms. The number of nitrogens with one attached hydrogen (secondary N) is 1. The first kappa shape index (κ1) is 18.8. The van der Waals surface area contributed by atoms with Crippen LogP contribution in [0.4, 0.5) is 0 Å². The van der Waals surface area contributed by atoms with Crippen LogP contribution in [0.5, 0.6) is 0 Å². The molecule has 1 aliphatic rings. The second-order valence-corrected chi connectivity index (χ2v) is 7.60. The third kappa shape index (κ3) is 3.84. The summed E-state index contributed by atoms with van der Waals surface area (Å²) in [6, 6.07) is 9.93. The van der Waals surface area contributed by atoms with E-state index in [4.69, 9.17) is 23.2 Å². The smallest absolute Gasteiger partial charge is 0.254 e. The van der Waals surface area contributed by atoms with Crippen molar-refractivity contribution in [1.29, 1.82) is 0 Å². The average Bonchev–Trinajstić information content (AvgIpc) is 3.31. The Balaban J connectivity index is 1.44. The first-order valence-electron chi connectivity index (χ1n) is 8.98. The molecule has 1 saturated heterocycles. The van der Waals surface area contributed by atoms with Gasteiger partial charge in [0.05, 0.1) is 12.2 Å². The molecule has 2 aromatic heterocycles. The van der Waals surface area contributed by atoms with Crippen molar-refractivity contribution in [2.45, 2.75) is 25.4 Å². The zero-order chi connectivity index (χ0) is 19.7. The molecule has 3 aromatic rings. The van der Waals surface area contributed by atoms with Gasteiger partial charge in [-0.05, 0) is 43.2 Å². The number of carbonyl (C=O) groups excluding carboxylic acids is 2. The number of carbonyl (C=O) groups is 2. The number of hydrogen-bond donors (Lipinski definition) is 1. The van der Waals surface area contributed by atoms with Gasteiger partial charge in [0.15, 0.2) is 0 Å². The minimum Gasteiger partial charge on any atom is -0.349 e. The van der Waals surface area contributed by atoms with E-state index in [0.717, 1.165) is 17.8 Å². The maximum absolute atomic E-state index is 12.9. The minimum atomic E-state index is -0.512. The molecule has 1 atom stereocenters. The van der Waals surface area contributed by atoms with Crippen LogP contribution >= 0.6 is 23.2 Å². The number of aromatic nitrogens is 2. The molecule has 1 aliphatic heterocycles. The van der Waals surface area contributed by atoms with Crippen molar-refractivity contribution in [2.75, 3.05) is 6.54 Å². The van der Waals surface area contributed by atoms with E-state index >= 15 is 0 Å². The normalized spacial score (nSPS) is 16.5. The summed E-state index contributed by atoms with van der Waals surface area (Å²) in [4.78, 5) is 31.6. The first-order chi connectivity index (χ1) is 13.5. The summed E-state index contributed by atoms with van der Waals surface area (Å²) in [5.41, 5.74) is 1.97. The van der Waals surface area contributed by atoms with Crippen LogP contribution in [0.2, 0.25) is 10.0 Å². The van der Waals surface area contributed by atoms with E-state index in [9.17, 15) is 9.59 Å². The van der Waals surface area contributed by atoms with E-state index in [1.165, 1.54) is 0 Å². The van der Waals surface area contributed by atoms with Crippen LogP contribution in [0.25, 0.3) is 5.65 Å². The molecule has 0 saturated carbocycles. The van der Waals surface area contributed by atoms with E-state index < -0.39 is 6.04 Å². The predicted molar refractivity (Wildman–Crippen MR) is 108 cm³/mol. The predicted octanol–water partition coefficient (Wildman–Crippen LogP) is 3.56. The lowest BCUT2D eigenvalue weighted by molar-refractivity contribution is -0.125. The van der Waals surface area contributed by atoms with Gasteiger partial charge in [-0.2, -0.15) is 0 Å². The summed E-state index contributed by atoms with van der Waals surface area (Å²) >= 11 is 12.0. The Labute approximate surface area is 172 Å². The molecule has 28 heavy (non-hydrogen) atoms. The molecule has 3 heterocycles. The molecule has 0 aliphatic carbocycles. The summed E-state index contributed by atoms with van der Waals surface area (Å²) < 4.78 is 1.90. The topological polar surface area (TPSA) is 66.7 Å². The Kier molecular flexibility index (Phi) is 5.24. The number of rotatable bonds is 4. The highest BCUT2D eigenvalue weighted by atomic mass is 35.5. The second-order valence-electron chi connectivity index (χ2n) is 6.73. The van der Waals surface area contributed by atoms with Crippen molar-refractivity contribution >= 4 is 40.7 Å². The maximum atomic E-state index is 12.9. The van der Waals surface area contributed by atoms with Crippen LogP contribution in [0.1, 0.15) is 28.9 Å². The maximum Gasteiger partial charge on any atom is 0.254 e. The van der Waals surface area contributed by atoms with Gasteiger partial charge in [0, 0.05) is 34.5 Å². The van der Waals surface area contributed by atoms with Gasteiger partial charge in [0.25, 0.3) is 5.91 Å². The number of likely N-dealkylation sites (tertiary alicyclic amines) is 1. The number of pyridine rings is 1. The molecule has 1 fully saturated rings. The molecule has 8 heteroatoms. The van der Waals surface area contributed by atoms with Crippen molar-refractivity contribution in [3.63, 3.8) is 0 Å². The summed E-state index contributed by atoms with van der Waals surface area (Å²) in [6.45, 7) is 0.831. The molecule has 1 unspecified atom stereocenters. The largest absolute Gasteiger partial charge is 0.349 e. The Morgan fingerprint density at radius 1 is 1.18 bits per heavy atom. The molecule has 0 spiro atoms. The van der Waals surface area contributed by atoms with E-state index in [-0.39, 0.29) is 11.8 Å². The van der Waals surface area contributed by atoms with Crippen molar-refractivity contribution in [3.8, 4) is 0 Å². The lowest BCUT2D eigenvalue weighted by Crippen LogP contribution is -2.45. The Morgan fingerprint density at radius 2 is 1.96 bits per heavy atom. The second kappa shape index (κ2) is 7.81. The molecule has 0 radical (unpaired) electrons. The van der Waals surface area contributed by atoms with Crippen LogP contribution in [0, 0.1) is 0 Å². The number of imidazole rings is 1. The summed E-state index contributed by atoms with van der Waals surface area (Å²) in [5.74, 6) is -0.425. The fraction of sp³-hybridized carbons (Fsp3) is 0.250. The molecule has 144 valence electrons. The first-order valence-corrected chi connectivity index (χ1v) is 9.74. The quantitative estimate of drug-likeness (QED) is 0.706. The van der Waals surface area contributed by atoms with Crippen LogP contribution in [-0.2, 0) is 11.3 Å². The monoisotopic (exact) mass is 416 g/mol. The minimum absolute atomic E-state index is 0.184. The lowest BCUT2D eigenvalue weighted by Gasteiger charge is -2.24. The van der Waals surface area contributed by atoms with Crippen molar-refractivity contribution in [1.82, 2.24) is 19.6 Å². The van der Waals surface area contributed by atoms with Gasteiger partial charge in [0.1, 0.15) is 11.7 Å². The van der Waals surface area contributed by atoms with Gasteiger partial charge in [-0.1, -0.05) is 29.3 Å². The summed E-state index contributed by atoms with van der Waals surface area (Å²) in [5, 5.41) is 3.68. The van der Waals surface area contributed by atoms with Gasteiger partial charge in [-0.3, -0.25) is 9.59 Å². The molecule has 4 rings (SSSR count). The lowest BCUT2D eigenvalue weighted by atomic mass is 10.1. The number of halogens is 2. The van der Waals surface area contributed by atoms with Crippen LogP contribution in [-0.4, -0.2) is 38.7 Å². The zero-order valence-electron chi connectivity index (χ0n) is 14.9. The summed E-state index contributed by atoms with van der Waals surface area (Å²) in [6.07, 6.45) is 5.17. The average molecular weight is 417 g/mol. The van der Waals surface area contributed by atoms with Gasteiger partial charge in [-0.15, -0.1) is 0 Å². The zero-order valence-corrected chi connectivity index (χ0v) is 16.5.